The molecule has 4 nitrogen and oxygen atoms in total. The highest BCUT2D eigenvalue weighted by Gasteiger charge is 2.16. The second-order valence-corrected chi connectivity index (χ2v) is 5.58. The number of aliphatic imine (C=N–C) groups is 1. The van der Waals surface area contributed by atoms with Crippen molar-refractivity contribution >= 4 is 33.1 Å². The number of hydrogen-bond donors (Lipinski definition) is 1. The van der Waals surface area contributed by atoms with E-state index in [0.29, 0.717) is 6.54 Å². The maximum Gasteiger partial charge on any atom is 0.152 e. The zero-order valence-electron chi connectivity index (χ0n) is 10.9. The minimum atomic E-state index is 0.701. The van der Waals surface area contributed by atoms with Gasteiger partial charge in [0.25, 0.3) is 0 Å². The van der Waals surface area contributed by atoms with E-state index in [1.54, 1.807) is 6.20 Å². The molecule has 0 amide bonds. The fourth-order valence-electron chi connectivity index (χ4n) is 2.39. The highest BCUT2D eigenvalue weighted by molar-refractivity contribution is 7.13. The lowest BCUT2D eigenvalue weighted by molar-refractivity contribution is 1.09. The topological polar surface area (TPSA) is 50.2 Å². The number of aromatic nitrogens is 2. The fraction of sp³-hybridized carbons (Fsp3) is 0.133. The Balaban J connectivity index is 1.70. The van der Waals surface area contributed by atoms with Gasteiger partial charge in [-0.15, -0.1) is 0 Å². The first-order valence-electron chi connectivity index (χ1n) is 6.43. The number of amidine groups is 1. The second kappa shape index (κ2) is 4.38. The third kappa shape index (κ3) is 1.78. The summed E-state index contributed by atoms with van der Waals surface area (Å²) in [4.78, 5) is 8.92. The maximum absolute atomic E-state index is 4.52. The van der Waals surface area contributed by atoms with Crippen molar-refractivity contribution in [3.8, 4) is 0 Å². The lowest BCUT2D eigenvalue weighted by atomic mass is 10.2. The zero-order valence-corrected chi connectivity index (χ0v) is 11.7. The summed E-state index contributed by atoms with van der Waals surface area (Å²) in [6.45, 7) is 2.74. The standard InChI is InChI=1S/C15H12N4S/c1-9-12-7-11(4-5-13(12)20-19-9)18-15-14-10(8-17-15)3-2-6-16-14/h2-7H,8H2,1H3,(H,17,18). The lowest BCUT2D eigenvalue weighted by Gasteiger charge is -2.07. The predicted octanol–water partition coefficient (Wildman–Crippen LogP) is 3.37. The number of rotatable bonds is 1. The lowest BCUT2D eigenvalue weighted by Crippen LogP contribution is -2.12. The number of nitrogens with zero attached hydrogens (tertiary/aromatic N) is 3. The molecule has 98 valence electrons. The molecule has 0 unspecified atom stereocenters. The number of fused-ring (bicyclic) bond motifs is 2. The van der Waals surface area contributed by atoms with Gasteiger partial charge in [0.2, 0.25) is 0 Å². The van der Waals surface area contributed by atoms with Gasteiger partial charge in [0, 0.05) is 22.8 Å². The molecular weight excluding hydrogens is 268 g/mol. The van der Waals surface area contributed by atoms with Crippen LogP contribution < -0.4 is 5.32 Å². The van der Waals surface area contributed by atoms with E-state index in [-0.39, 0.29) is 0 Å². The van der Waals surface area contributed by atoms with Crippen LogP contribution in [0.3, 0.4) is 0 Å². The van der Waals surface area contributed by atoms with Gasteiger partial charge < -0.3 is 5.32 Å². The van der Waals surface area contributed by atoms with Gasteiger partial charge in [-0.2, -0.15) is 4.37 Å². The Kier molecular flexibility index (Phi) is 2.53. The van der Waals surface area contributed by atoms with E-state index in [2.05, 4.69) is 43.9 Å². The number of benzene rings is 1. The third-order valence-corrected chi connectivity index (χ3v) is 4.35. The molecule has 0 radical (unpaired) electrons. The van der Waals surface area contributed by atoms with Crippen LogP contribution in [0.5, 0.6) is 0 Å². The molecule has 1 aliphatic rings. The fourth-order valence-corrected chi connectivity index (χ4v) is 3.16. The summed E-state index contributed by atoms with van der Waals surface area (Å²) in [5.74, 6) is 0.848. The number of nitrogens with one attached hydrogen (secondary N) is 1. The van der Waals surface area contributed by atoms with Gasteiger partial charge in [-0.05, 0) is 42.7 Å². The van der Waals surface area contributed by atoms with Crippen LogP contribution in [0, 0.1) is 6.92 Å². The SMILES string of the molecule is Cc1nsc2ccc(NC3=NCc4cccnc43)cc12. The minimum Gasteiger partial charge on any atom is -0.339 e. The number of anilines is 1. The molecule has 2 aromatic heterocycles. The van der Waals surface area contributed by atoms with Crippen LogP contribution in [0.4, 0.5) is 5.69 Å². The minimum absolute atomic E-state index is 0.701. The molecule has 0 bridgehead atoms. The first-order chi connectivity index (χ1) is 9.81. The molecular formula is C15H12N4S. The molecule has 1 N–H and O–H groups in total. The van der Waals surface area contributed by atoms with E-state index < -0.39 is 0 Å². The number of pyridine rings is 1. The van der Waals surface area contributed by atoms with Crippen molar-refractivity contribution in [1.29, 1.82) is 0 Å². The monoisotopic (exact) mass is 280 g/mol. The molecule has 0 fully saturated rings. The molecule has 1 aliphatic heterocycles. The quantitative estimate of drug-likeness (QED) is 0.743. The summed E-state index contributed by atoms with van der Waals surface area (Å²) in [6, 6.07) is 10.3. The Labute approximate surface area is 120 Å². The van der Waals surface area contributed by atoms with Gasteiger partial charge in [0.05, 0.1) is 16.9 Å². The normalized spacial score (nSPS) is 13.3. The third-order valence-electron chi connectivity index (χ3n) is 3.44. The van der Waals surface area contributed by atoms with Crippen molar-refractivity contribution in [3.63, 3.8) is 0 Å². The molecule has 4 rings (SSSR count). The van der Waals surface area contributed by atoms with E-state index >= 15 is 0 Å². The largest absolute Gasteiger partial charge is 0.339 e. The summed E-state index contributed by atoms with van der Waals surface area (Å²) < 4.78 is 5.58. The number of aryl methyl sites for hydroxylation is 1. The van der Waals surface area contributed by atoms with Crippen LogP contribution in [-0.4, -0.2) is 15.2 Å². The van der Waals surface area contributed by atoms with Crippen molar-refractivity contribution in [1.82, 2.24) is 9.36 Å². The van der Waals surface area contributed by atoms with E-state index in [1.807, 2.05) is 13.0 Å². The smallest absolute Gasteiger partial charge is 0.152 e. The van der Waals surface area contributed by atoms with Crippen LogP contribution in [-0.2, 0) is 6.54 Å². The Morgan fingerprint density at radius 2 is 2.20 bits per heavy atom. The van der Waals surface area contributed by atoms with E-state index in [4.69, 9.17) is 0 Å². The maximum atomic E-state index is 4.52. The Hall–Kier alpha value is -2.27. The predicted molar refractivity (Wildman–Crippen MR) is 82.5 cm³/mol. The molecule has 0 saturated carbocycles. The van der Waals surface area contributed by atoms with Gasteiger partial charge in [-0.1, -0.05) is 6.07 Å². The summed E-state index contributed by atoms with van der Waals surface area (Å²) in [5.41, 5.74) is 4.22. The van der Waals surface area contributed by atoms with E-state index in [9.17, 15) is 0 Å². The highest BCUT2D eigenvalue weighted by atomic mass is 32.1. The van der Waals surface area contributed by atoms with Gasteiger partial charge in [-0.3, -0.25) is 9.98 Å². The van der Waals surface area contributed by atoms with Gasteiger partial charge in [0.1, 0.15) is 5.69 Å². The van der Waals surface area contributed by atoms with Crippen molar-refractivity contribution in [2.75, 3.05) is 5.32 Å². The molecule has 0 aliphatic carbocycles. The second-order valence-electron chi connectivity index (χ2n) is 4.78. The Morgan fingerprint density at radius 3 is 3.15 bits per heavy atom. The average Bonchev–Trinajstić information content (AvgIpc) is 3.05. The van der Waals surface area contributed by atoms with Crippen LogP contribution in [0.2, 0.25) is 0 Å². The van der Waals surface area contributed by atoms with Crippen molar-refractivity contribution in [3.05, 3.63) is 53.5 Å². The summed E-state index contributed by atoms with van der Waals surface area (Å²) >= 11 is 1.53. The first kappa shape index (κ1) is 11.5. The molecule has 5 heteroatoms. The van der Waals surface area contributed by atoms with Crippen LogP contribution in [0.15, 0.2) is 41.5 Å². The molecule has 0 spiro atoms. The van der Waals surface area contributed by atoms with Gasteiger partial charge >= 0.3 is 0 Å². The summed E-state index contributed by atoms with van der Waals surface area (Å²) in [6.07, 6.45) is 1.80. The zero-order chi connectivity index (χ0) is 13.5. The Bertz CT molecular complexity index is 835. The summed E-state index contributed by atoms with van der Waals surface area (Å²) in [7, 11) is 0. The van der Waals surface area contributed by atoms with Crippen molar-refractivity contribution in [2.24, 2.45) is 4.99 Å². The van der Waals surface area contributed by atoms with Crippen LogP contribution >= 0.6 is 11.5 Å². The first-order valence-corrected chi connectivity index (χ1v) is 7.20. The Morgan fingerprint density at radius 1 is 1.25 bits per heavy atom. The average molecular weight is 280 g/mol. The van der Waals surface area contributed by atoms with Crippen molar-refractivity contribution in [2.45, 2.75) is 13.5 Å². The number of hydrogen-bond acceptors (Lipinski definition) is 5. The molecule has 3 heterocycles. The van der Waals surface area contributed by atoms with Crippen molar-refractivity contribution < 1.29 is 0 Å². The van der Waals surface area contributed by atoms with Crippen LogP contribution in [0.1, 0.15) is 17.0 Å². The van der Waals surface area contributed by atoms with Crippen LogP contribution in [0.25, 0.3) is 10.1 Å². The van der Waals surface area contributed by atoms with Gasteiger partial charge in [0.15, 0.2) is 5.84 Å². The highest BCUT2D eigenvalue weighted by Crippen LogP contribution is 2.26. The van der Waals surface area contributed by atoms with E-state index in [0.717, 1.165) is 22.9 Å². The summed E-state index contributed by atoms with van der Waals surface area (Å²) in [5, 5.41) is 4.56. The molecule has 1 aromatic carbocycles. The van der Waals surface area contributed by atoms with E-state index in [1.165, 1.54) is 27.2 Å². The molecule has 0 saturated heterocycles. The molecule has 0 atom stereocenters. The van der Waals surface area contributed by atoms with Gasteiger partial charge in [-0.25, -0.2) is 0 Å². The molecule has 20 heavy (non-hydrogen) atoms. The molecule has 3 aromatic rings.